The molecule has 1 amide bonds. The molecule has 0 fully saturated rings. The summed E-state index contributed by atoms with van der Waals surface area (Å²) in [6.45, 7) is 0. The molecular formula is C18H18ClNO. The molecule has 0 aromatic heterocycles. The SMILES string of the molecule is O=C(CCl)N[C@@H]1Cc2ccccc2[C@@H](c2ccccc2)C1. The van der Waals surface area contributed by atoms with Gasteiger partial charge in [-0.25, -0.2) is 0 Å². The molecule has 0 heterocycles. The maximum absolute atomic E-state index is 11.6. The van der Waals surface area contributed by atoms with Gasteiger partial charge in [-0.05, 0) is 29.5 Å². The summed E-state index contributed by atoms with van der Waals surface area (Å²) < 4.78 is 0. The second-order valence-electron chi connectivity index (χ2n) is 5.50. The lowest BCUT2D eigenvalue weighted by Gasteiger charge is -2.32. The Morgan fingerprint density at radius 2 is 1.81 bits per heavy atom. The van der Waals surface area contributed by atoms with Crippen LogP contribution in [0.3, 0.4) is 0 Å². The number of rotatable bonds is 3. The Morgan fingerprint density at radius 3 is 2.57 bits per heavy atom. The summed E-state index contributed by atoms with van der Waals surface area (Å²) >= 11 is 5.61. The zero-order chi connectivity index (χ0) is 14.7. The fourth-order valence-corrected chi connectivity index (χ4v) is 3.27. The normalized spacial score (nSPS) is 20.6. The first-order valence-corrected chi connectivity index (χ1v) is 7.79. The first kappa shape index (κ1) is 14.2. The summed E-state index contributed by atoms with van der Waals surface area (Å²) in [4.78, 5) is 11.6. The molecule has 0 radical (unpaired) electrons. The third kappa shape index (κ3) is 3.11. The molecule has 108 valence electrons. The van der Waals surface area contributed by atoms with Crippen molar-refractivity contribution < 1.29 is 4.79 Å². The van der Waals surface area contributed by atoms with E-state index in [0.29, 0.717) is 5.92 Å². The van der Waals surface area contributed by atoms with Crippen molar-refractivity contribution in [1.29, 1.82) is 0 Å². The topological polar surface area (TPSA) is 29.1 Å². The second kappa shape index (κ2) is 6.31. The van der Waals surface area contributed by atoms with Gasteiger partial charge < -0.3 is 5.32 Å². The Balaban J connectivity index is 1.93. The highest BCUT2D eigenvalue weighted by molar-refractivity contribution is 6.27. The number of halogens is 1. The zero-order valence-corrected chi connectivity index (χ0v) is 12.5. The highest BCUT2D eigenvalue weighted by Gasteiger charge is 2.28. The average molecular weight is 300 g/mol. The molecule has 2 aromatic carbocycles. The minimum atomic E-state index is -0.0899. The van der Waals surface area contributed by atoms with E-state index in [1.54, 1.807) is 0 Å². The van der Waals surface area contributed by atoms with Gasteiger partial charge in [0.15, 0.2) is 0 Å². The number of carbonyl (C=O) groups excluding carboxylic acids is 1. The number of fused-ring (bicyclic) bond motifs is 1. The first-order valence-electron chi connectivity index (χ1n) is 7.26. The van der Waals surface area contributed by atoms with Crippen LogP contribution in [0.5, 0.6) is 0 Å². The van der Waals surface area contributed by atoms with Gasteiger partial charge in [-0.3, -0.25) is 4.79 Å². The average Bonchev–Trinajstić information content (AvgIpc) is 2.55. The van der Waals surface area contributed by atoms with Crippen molar-refractivity contribution >= 4 is 17.5 Å². The number of alkyl halides is 1. The Bertz CT molecular complexity index is 626. The first-order chi connectivity index (χ1) is 10.3. The van der Waals surface area contributed by atoms with E-state index in [1.165, 1.54) is 16.7 Å². The summed E-state index contributed by atoms with van der Waals surface area (Å²) in [5.74, 6) is 0.262. The fraction of sp³-hybridized carbons (Fsp3) is 0.278. The van der Waals surface area contributed by atoms with Crippen LogP contribution in [0.4, 0.5) is 0 Å². The third-order valence-corrected chi connectivity index (χ3v) is 4.35. The van der Waals surface area contributed by atoms with E-state index in [1.807, 2.05) is 6.07 Å². The van der Waals surface area contributed by atoms with Crippen LogP contribution in [-0.4, -0.2) is 17.8 Å². The molecule has 21 heavy (non-hydrogen) atoms. The molecule has 0 aliphatic heterocycles. The predicted molar refractivity (Wildman–Crippen MR) is 85.7 cm³/mol. The summed E-state index contributed by atoms with van der Waals surface area (Å²) in [5, 5.41) is 3.04. The van der Waals surface area contributed by atoms with Gasteiger partial charge in [0.2, 0.25) is 5.91 Å². The van der Waals surface area contributed by atoms with E-state index in [2.05, 4.69) is 53.8 Å². The Kier molecular flexibility index (Phi) is 4.26. The van der Waals surface area contributed by atoms with Crippen LogP contribution in [0.2, 0.25) is 0 Å². The number of amides is 1. The molecule has 3 rings (SSSR count). The number of carbonyl (C=O) groups is 1. The molecular weight excluding hydrogens is 282 g/mol. The van der Waals surface area contributed by atoms with Crippen LogP contribution in [0, 0.1) is 0 Å². The molecule has 2 nitrogen and oxygen atoms in total. The van der Waals surface area contributed by atoms with E-state index in [-0.39, 0.29) is 17.8 Å². The van der Waals surface area contributed by atoms with Gasteiger partial charge >= 0.3 is 0 Å². The minimum Gasteiger partial charge on any atom is -0.352 e. The molecule has 1 aliphatic carbocycles. The quantitative estimate of drug-likeness (QED) is 0.864. The van der Waals surface area contributed by atoms with Crippen molar-refractivity contribution in [2.45, 2.75) is 24.8 Å². The fourth-order valence-electron chi connectivity index (χ4n) is 3.20. The summed E-state index contributed by atoms with van der Waals surface area (Å²) in [6, 6.07) is 19.1. The van der Waals surface area contributed by atoms with Gasteiger partial charge in [-0.2, -0.15) is 0 Å². The zero-order valence-electron chi connectivity index (χ0n) is 11.8. The van der Waals surface area contributed by atoms with Crippen molar-refractivity contribution in [3.05, 3.63) is 71.3 Å². The van der Waals surface area contributed by atoms with Crippen LogP contribution < -0.4 is 5.32 Å². The highest BCUT2D eigenvalue weighted by Crippen LogP contribution is 2.36. The molecule has 0 saturated heterocycles. The lowest BCUT2D eigenvalue weighted by molar-refractivity contribution is -0.119. The maximum atomic E-state index is 11.6. The summed E-state index contributed by atoms with van der Waals surface area (Å²) in [7, 11) is 0. The summed E-state index contributed by atoms with van der Waals surface area (Å²) in [6.07, 6.45) is 1.80. The molecule has 0 spiro atoms. The van der Waals surface area contributed by atoms with Crippen molar-refractivity contribution in [1.82, 2.24) is 5.32 Å². The van der Waals surface area contributed by atoms with Crippen LogP contribution in [0.1, 0.15) is 29.0 Å². The Labute approximate surface area is 130 Å². The standard InChI is InChI=1S/C18H18ClNO/c19-12-18(21)20-15-10-14-8-4-5-9-16(14)17(11-15)13-6-2-1-3-7-13/h1-9,15,17H,10-12H2,(H,20,21)/t15-,17-/m1/s1. The maximum Gasteiger partial charge on any atom is 0.235 e. The van der Waals surface area contributed by atoms with Crippen LogP contribution in [-0.2, 0) is 11.2 Å². The van der Waals surface area contributed by atoms with Crippen molar-refractivity contribution in [3.63, 3.8) is 0 Å². The van der Waals surface area contributed by atoms with Crippen LogP contribution >= 0.6 is 11.6 Å². The van der Waals surface area contributed by atoms with E-state index < -0.39 is 0 Å². The predicted octanol–water partition coefficient (Wildman–Crippen LogP) is 3.49. The molecule has 0 saturated carbocycles. The number of hydrogen-bond acceptors (Lipinski definition) is 1. The van der Waals surface area contributed by atoms with Crippen LogP contribution in [0.25, 0.3) is 0 Å². The van der Waals surface area contributed by atoms with E-state index in [0.717, 1.165) is 12.8 Å². The second-order valence-corrected chi connectivity index (χ2v) is 5.77. The number of hydrogen-bond donors (Lipinski definition) is 1. The van der Waals surface area contributed by atoms with Gasteiger partial charge in [-0.15, -0.1) is 11.6 Å². The van der Waals surface area contributed by atoms with E-state index in [4.69, 9.17) is 11.6 Å². The van der Waals surface area contributed by atoms with E-state index in [9.17, 15) is 4.79 Å². The molecule has 3 heteroatoms. The van der Waals surface area contributed by atoms with E-state index >= 15 is 0 Å². The lowest BCUT2D eigenvalue weighted by atomic mass is 9.77. The van der Waals surface area contributed by atoms with Crippen LogP contribution in [0.15, 0.2) is 54.6 Å². The molecule has 2 atom stereocenters. The van der Waals surface area contributed by atoms with Gasteiger partial charge in [0.25, 0.3) is 0 Å². The van der Waals surface area contributed by atoms with Gasteiger partial charge in [0, 0.05) is 12.0 Å². The molecule has 0 bridgehead atoms. The third-order valence-electron chi connectivity index (χ3n) is 4.11. The lowest BCUT2D eigenvalue weighted by Crippen LogP contribution is -2.40. The number of nitrogens with one attached hydrogen (secondary N) is 1. The largest absolute Gasteiger partial charge is 0.352 e. The Morgan fingerprint density at radius 1 is 1.10 bits per heavy atom. The van der Waals surface area contributed by atoms with Gasteiger partial charge in [-0.1, -0.05) is 54.6 Å². The van der Waals surface area contributed by atoms with Gasteiger partial charge in [0.1, 0.15) is 5.88 Å². The molecule has 1 aliphatic rings. The smallest absolute Gasteiger partial charge is 0.235 e. The van der Waals surface area contributed by atoms with Crippen molar-refractivity contribution in [2.75, 3.05) is 5.88 Å². The highest BCUT2D eigenvalue weighted by atomic mass is 35.5. The number of benzene rings is 2. The molecule has 2 aromatic rings. The molecule has 0 unspecified atom stereocenters. The summed E-state index contributed by atoms with van der Waals surface area (Å²) in [5.41, 5.74) is 3.99. The van der Waals surface area contributed by atoms with Crippen molar-refractivity contribution in [3.8, 4) is 0 Å². The van der Waals surface area contributed by atoms with Crippen molar-refractivity contribution in [2.24, 2.45) is 0 Å². The Hall–Kier alpha value is -1.80. The molecule has 1 N–H and O–H groups in total. The minimum absolute atomic E-state index is 0.0220. The monoisotopic (exact) mass is 299 g/mol. The van der Waals surface area contributed by atoms with Gasteiger partial charge in [0.05, 0.1) is 0 Å².